The number of guanidine groups is 1. The largest absolute Gasteiger partial charge is 0.488 e. The van der Waals surface area contributed by atoms with Crippen molar-refractivity contribution >= 4 is 29.9 Å². The second kappa shape index (κ2) is 12.7. The van der Waals surface area contributed by atoms with Gasteiger partial charge in [0.05, 0.1) is 26.1 Å². The predicted octanol–water partition coefficient (Wildman–Crippen LogP) is 3.12. The van der Waals surface area contributed by atoms with Gasteiger partial charge in [0.25, 0.3) is 0 Å². The lowest BCUT2D eigenvalue weighted by molar-refractivity contribution is 0.140. The highest BCUT2D eigenvalue weighted by Crippen LogP contribution is 2.24. The Labute approximate surface area is 190 Å². The van der Waals surface area contributed by atoms with Crippen molar-refractivity contribution < 1.29 is 9.47 Å². The number of nitrogens with zero attached hydrogens (tertiary/aromatic N) is 3. The topological polar surface area (TPSA) is 72.7 Å². The van der Waals surface area contributed by atoms with E-state index >= 15 is 0 Å². The molecule has 1 aromatic heterocycles. The standard InChI is InChI=1S/C21H31N5O2.HI/c1-3-23-21(24-8-4-10-26-11-9-22-16-26)25-14-18-6-5-17(2)13-20(18)28-19-7-12-27-15-19;/h5-6,9,11,13,16,19H,3-4,7-8,10,12,14-15H2,1-2H3,(H2,23,24,25);1H. The summed E-state index contributed by atoms with van der Waals surface area (Å²) in [5, 5.41) is 6.71. The lowest BCUT2D eigenvalue weighted by Crippen LogP contribution is -2.38. The minimum atomic E-state index is 0. The van der Waals surface area contributed by atoms with Crippen LogP contribution in [-0.2, 0) is 17.8 Å². The molecule has 2 N–H and O–H groups in total. The maximum absolute atomic E-state index is 6.18. The Hall–Kier alpha value is -1.81. The first-order valence-electron chi connectivity index (χ1n) is 10.1. The lowest BCUT2D eigenvalue weighted by Gasteiger charge is -2.16. The van der Waals surface area contributed by atoms with Crippen LogP contribution >= 0.6 is 24.0 Å². The molecule has 29 heavy (non-hydrogen) atoms. The Bertz CT molecular complexity index is 746. The van der Waals surface area contributed by atoms with E-state index in [0.29, 0.717) is 13.2 Å². The van der Waals surface area contributed by atoms with E-state index < -0.39 is 0 Å². The van der Waals surface area contributed by atoms with E-state index in [0.717, 1.165) is 56.4 Å². The van der Waals surface area contributed by atoms with E-state index in [4.69, 9.17) is 14.5 Å². The van der Waals surface area contributed by atoms with Crippen LogP contribution < -0.4 is 15.4 Å². The molecule has 0 bridgehead atoms. The summed E-state index contributed by atoms with van der Waals surface area (Å²) in [5.41, 5.74) is 2.28. The fourth-order valence-electron chi connectivity index (χ4n) is 3.08. The molecule has 1 aromatic carbocycles. The highest BCUT2D eigenvalue weighted by Gasteiger charge is 2.18. The molecule has 1 unspecified atom stereocenters. The van der Waals surface area contributed by atoms with Crippen molar-refractivity contribution in [3.05, 3.63) is 48.0 Å². The summed E-state index contributed by atoms with van der Waals surface area (Å²) in [6, 6.07) is 6.30. The summed E-state index contributed by atoms with van der Waals surface area (Å²) >= 11 is 0. The van der Waals surface area contributed by atoms with Crippen molar-refractivity contribution in [1.82, 2.24) is 20.2 Å². The second-order valence-corrected chi connectivity index (χ2v) is 6.99. The summed E-state index contributed by atoms with van der Waals surface area (Å²) in [6.45, 7) is 8.77. The van der Waals surface area contributed by atoms with Crippen molar-refractivity contribution in [1.29, 1.82) is 0 Å². The van der Waals surface area contributed by atoms with Crippen LogP contribution in [-0.4, -0.2) is 47.9 Å². The van der Waals surface area contributed by atoms with Gasteiger partial charge in [-0.3, -0.25) is 0 Å². The third kappa shape index (κ3) is 7.85. The van der Waals surface area contributed by atoms with E-state index in [9.17, 15) is 0 Å². The Balaban J connectivity index is 0.00000300. The smallest absolute Gasteiger partial charge is 0.191 e. The van der Waals surface area contributed by atoms with Crippen LogP contribution in [0.15, 0.2) is 41.9 Å². The highest BCUT2D eigenvalue weighted by molar-refractivity contribution is 14.0. The molecular formula is C21H32IN5O2. The van der Waals surface area contributed by atoms with Gasteiger partial charge in [0.1, 0.15) is 11.9 Å². The predicted molar refractivity (Wildman–Crippen MR) is 126 cm³/mol. The Morgan fingerprint density at radius 3 is 3.00 bits per heavy atom. The first kappa shape index (κ1) is 23.5. The molecule has 0 amide bonds. The molecule has 1 fully saturated rings. The van der Waals surface area contributed by atoms with Gasteiger partial charge in [0.2, 0.25) is 0 Å². The first-order valence-corrected chi connectivity index (χ1v) is 10.1. The van der Waals surface area contributed by atoms with E-state index in [2.05, 4.69) is 52.2 Å². The summed E-state index contributed by atoms with van der Waals surface area (Å²) in [5.74, 6) is 1.74. The molecular weight excluding hydrogens is 481 g/mol. The number of imidazole rings is 1. The number of aryl methyl sites for hydroxylation is 2. The number of nitrogens with one attached hydrogen (secondary N) is 2. The fourth-order valence-corrected chi connectivity index (χ4v) is 3.08. The number of aliphatic imine (C=N–C) groups is 1. The van der Waals surface area contributed by atoms with Gasteiger partial charge in [-0.25, -0.2) is 9.98 Å². The highest BCUT2D eigenvalue weighted by atomic mass is 127. The van der Waals surface area contributed by atoms with Crippen LogP contribution in [0, 0.1) is 6.92 Å². The van der Waals surface area contributed by atoms with Crippen LogP contribution in [0.1, 0.15) is 30.9 Å². The van der Waals surface area contributed by atoms with Gasteiger partial charge in [-0.15, -0.1) is 24.0 Å². The average Bonchev–Trinajstić information content (AvgIpc) is 3.38. The maximum atomic E-state index is 6.18. The second-order valence-electron chi connectivity index (χ2n) is 6.99. The van der Waals surface area contributed by atoms with E-state index in [1.165, 1.54) is 5.56 Å². The Morgan fingerprint density at radius 1 is 1.38 bits per heavy atom. The van der Waals surface area contributed by atoms with Gasteiger partial charge < -0.3 is 24.7 Å². The monoisotopic (exact) mass is 513 g/mol. The van der Waals surface area contributed by atoms with Crippen molar-refractivity contribution in [3.63, 3.8) is 0 Å². The quantitative estimate of drug-likeness (QED) is 0.233. The molecule has 0 saturated carbocycles. The molecule has 7 nitrogen and oxygen atoms in total. The molecule has 0 spiro atoms. The van der Waals surface area contributed by atoms with Crippen LogP contribution in [0.2, 0.25) is 0 Å². The van der Waals surface area contributed by atoms with E-state index in [-0.39, 0.29) is 30.1 Å². The lowest BCUT2D eigenvalue weighted by atomic mass is 10.1. The van der Waals surface area contributed by atoms with Gasteiger partial charge in [0.15, 0.2) is 5.96 Å². The third-order valence-corrected chi connectivity index (χ3v) is 4.60. The molecule has 1 atom stereocenters. The average molecular weight is 513 g/mol. The Morgan fingerprint density at radius 2 is 2.28 bits per heavy atom. The number of halogens is 1. The van der Waals surface area contributed by atoms with Crippen molar-refractivity contribution in [2.75, 3.05) is 26.3 Å². The number of aromatic nitrogens is 2. The first-order chi connectivity index (χ1) is 13.7. The maximum Gasteiger partial charge on any atom is 0.191 e. The number of ether oxygens (including phenoxy) is 2. The summed E-state index contributed by atoms with van der Waals surface area (Å²) in [7, 11) is 0. The van der Waals surface area contributed by atoms with Gasteiger partial charge >= 0.3 is 0 Å². The minimum Gasteiger partial charge on any atom is -0.488 e. The van der Waals surface area contributed by atoms with Crippen LogP contribution in [0.4, 0.5) is 0 Å². The summed E-state index contributed by atoms with van der Waals surface area (Å²) in [6.07, 6.45) is 7.71. The molecule has 1 aliphatic heterocycles. The molecule has 0 aliphatic carbocycles. The molecule has 160 valence electrons. The molecule has 1 aliphatic rings. The number of hydrogen-bond donors (Lipinski definition) is 2. The number of benzene rings is 1. The molecule has 2 heterocycles. The van der Waals surface area contributed by atoms with Crippen LogP contribution in [0.25, 0.3) is 0 Å². The van der Waals surface area contributed by atoms with E-state index in [1.807, 2.05) is 12.5 Å². The van der Waals surface area contributed by atoms with Crippen molar-refractivity contribution in [2.45, 2.75) is 45.9 Å². The SMILES string of the molecule is CCNC(=NCc1ccc(C)cc1OC1CCOC1)NCCCn1ccnc1.I. The summed E-state index contributed by atoms with van der Waals surface area (Å²) in [4.78, 5) is 8.81. The number of hydrogen-bond acceptors (Lipinski definition) is 4. The van der Waals surface area contributed by atoms with Crippen molar-refractivity contribution in [3.8, 4) is 5.75 Å². The fraction of sp³-hybridized carbons (Fsp3) is 0.524. The third-order valence-electron chi connectivity index (χ3n) is 4.60. The van der Waals surface area contributed by atoms with Gasteiger partial charge in [0, 0.05) is 44.0 Å². The zero-order valence-electron chi connectivity index (χ0n) is 17.3. The molecule has 2 aromatic rings. The zero-order valence-corrected chi connectivity index (χ0v) is 19.6. The van der Waals surface area contributed by atoms with Gasteiger partial charge in [-0.1, -0.05) is 12.1 Å². The van der Waals surface area contributed by atoms with Gasteiger partial charge in [-0.2, -0.15) is 0 Å². The number of rotatable bonds is 9. The van der Waals surface area contributed by atoms with Crippen LogP contribution in [0.5, 0.6) is 5.75 Å². The van der Waals surface area contributed by atoms with Crippen molar-refractivity contribution in [2.24, 2.45) is 4.99 Å². The molecule has 3 rings (SSSR count). The van der Waals surface area contributed by atoms with E-state index in [1.54, 1.807) is 6.20 Å². The summed E-state index contributed by atoms with van der Waals surface area (Å²) < 4.78 is 13.7. The molecule has 8 heteroatoms. The molecule has 1 saturated heterocycles. The molecule has 0 radical (unpaired) electrons. The van der Waals surface area contributed by atoms with Gasteiger partial charge in [-0.05, 0) is 31.9 Å². The van der Waals surface area contributed by atoms with Crippen LogP contribution in [0.3, 0.4) is 0 Å². The minimum absolute atomic E-state index is 0. The normalized spacial score (nSPS) is 16.3. The Kier molecular flexibility index (Phi) is 10.3. The zero-order chi connectivity index (χ0) is 19.6.